The Morgan fingerprint density at radius 2 is 1.70 bits per heavy atom. The lowest BCUT2D eigenvalue weighted by Crippen LogP contribution is -2.66. The van der Waals surface area contributed by atoms with Gasteiger partial charge in [-0.25, -0.2) is 4.79 Å². The molecule has 1 aliphatic heterocycles. The van der Waals surface area contributed by atoms with Crippen LogP contribution < -0.4 is 0 Å². The molecule has 6 rings (SSSR count). The molecule has 13 atom stereocenters. The zero-order valence-corrected chi connectivity index (χ0v) is 29.1. The molecule has 7 heteroatoms. The van der Waals surface area contributed by atoms with Crippen molar-refractivity contribution in [2.75, 3.05) is 14.2 Å². The van der Waals surface area contributed by atoms with Gasteiger partial charge in [0.2, 0.25) is 0 Å². The van der Waals surface area contributed by atoms with Gasteiger partial charge in [0.15, 0.2) is 6.29 Å². The fourth-order valence-corrected chi connectivity index (χ4v) is 12.9. The summed E-state index contributed by atoms with van der Waals surface area (Å²) in [6.45, 7) is 17.2. The smallest absolute Gasteiger partial charge is 0.330 e. The second-order valence-electron chi connectivity index (χ2n) is 17.7. The average Bonchev–Trinajstić information content (AvgIpc) is 3.27. The molecule has 0 radical (unpaired) electrons. The third kappa shape index (κ3) is 4.27. The Labute approximate surface area is 265 Å². The van der Waals surface area contributed by atoms with E-state index in [1.165, 1.54) is 12.8 Å². The van der Waals surface area contributed by atoms with Crippen LogP contribution in [0, 0.1) is 50.7 Å². The fraction of sp³-hybridized carbons (Fsp3) is 0.919. The number of fused-ring (bicyclic) bond motifs is 3. The second kappa shape index (κ2) is 10.5. The Kier molecular flexibility index (Phi) is 7.86. The molecule has 0 amide bonds. The van der Waals surface area contributed by atoms with Gasteiger partial charge in [-0.05, 0) is 119 Å². The maximum atomic E-state index is 12.7. The van der Waals surface area contributed by atoms with Crippen LogP contribution in [0.2, 0.25) is 0 Å². The normalized spacial score (nSPS) is 49.6. The van der Waals surface area contributed by atoms with Crippen molar-refractivity contribution in [2.24, 2.45) is 50.7 Å². The standard InChI is InChI=1S/C37H60O7/c1-21(2)17-29(39)44-28-13-14-34(7)25-12-15-36-20-37(36,35(25,8)27(38)19-26(34)32(28,3)4)16-11-23(36)22-18-24(43-31(22)41-9)30(40)33(5,6)42-10/h17,22-28,30-31,38,40H,11-16,18-20H2,1-10H3/t22-,23-,24+,25+,26-,27+,28+,30-,31+,34+,35-,36+,37+/m0/s1. The lowest BCUT2D eigenvalue weighted by atomic mass is 9.37. The molecule has 1 saturated heterocycles. The molecule has 250 valence electrons. The first kappa shape index (κ1) is 32.9. The number of carbonyl (C=O) groups excluding carboxylic acids is 1. The number of aliphatic hydroxyl groups is 2. The molecule has 44 heavy (non-hydrogen) atoms. The highest BCUT2D eigenvalue weighted by Crippen LogP contribution is 2.91. The van der Waals surface area contributed by atoms with Crippen molar-refractivity contribution >= 4 is 5.97 Å². The third-order valence-electron chi connectivity index (χ3n) is 15.3. The van der Waals surface area contributed by atoms with Crippen LogP contribution in [0.3, 0.4) is 0 Å². The summed E-state index contributed by atoms with van der Waals surface area (Å²) in [6.07, 6.45) is 8.94. The van der Waals surface area contributed by atoms with Crippen LogP contribution in [0.1, 0.15) is 113 Å². The minimum absolute atomic E-state index is 0.0883. The number of esters is 1. The van der Waals surface area contributed by atoms with Crippen LogP contribution in [-0.2, 0) is 23.7 Å². The van der Waals surface area contributed by atoms with Crippen molar-refractivity contribution in [1.82, 2.24) is 0 Å². The molecule has 7 nitrogen and oxygen atoms in total. The fourth-order valence-electron chi connectivity index (χ4n) is 12.9. The predicted octanol–water partition coefficient (Wildman–Crippen LogP) is 6.44. The number of methoxy groups -OCH3 is 2. The van der Waals surface area contributed by atoms with Crippen molar-refractivity contribution in [3.05, 3.63) is 11.6 Å². The van der Waals surface area contributed by atoms with E-state index < -0.39 is 11.7 Å². The monoisotopic (exact) mass is 616 g/mol. The number of hydrogen-bond acceptors (Lipinski definition) is 7. The first-order valence-electron chi connectivity index (χ1n) is 17.4. The van der Waals surface area contributed by atoms with E-state index in [1.807, 2.05) is 27.7 Å². The maximum Gasteiger partial charge on any atom is 0.330 e. The zero-order valence-electron chi connectivity index (χ0n) is 29.1. The first-order valence-corrected chi connectivity index (χ1v) is 17.4. The van der Waals surface area contributed by atoms with Gasteiger partial charge >= 0.3 is 5.97 Å². The van der Waals surface area contributed by atoms with E-state index in [4.69, 9.17) is 18.9 Å². The lowest BCUT2D eigenvalue weighted by molar-refractivity contribution is -0.245. The lowest BCUT2D eigenvalue weighted by Gasteiger charge is -2.68. The van der Waals surface area contributed by atoms with Gasteiger partial charge in [0.1, 0.15) is 12.2 Å². The Hall–Kier alpha value is -0.990. The van der Waals surface area contributed by atoms with Gasteiger partial charge in [0.25, 0.3) is 0 Å². The summed E-state index contributed by atoms with van der Waals surface area (Å²) in [7, 11) is 3.38. The van der Waals surface area contributed by atoms with Gasteiger partial charge in [-0.15, -0.1) is 0 Å². The molecule has 6 fully saturated rings. The average molecular weight is 617 g/mol. The van der Waals surface area contributed by atoms with E-state index in [2.05, 4.69) is 27.7 Å². The van der Waals surface area contributed by atoms with E-state index >= 15 is 0 Å². The number of allylic oxidation sites excluding steroid dienone is 1. The van der Waals surface area contributed by atoms with E-state index in [-0.39, 0.29) is 69.5 Å². The highest BCUT2D eigenvalue weighted by Gasteiger charge is 2.86. The molecule has 0 aromatic carbocycles. The van der Waals surface area contributed by atoms with Crippen molar-refractivity contribution in [3.63, 3.8) is 0 Å². The summed E-state index contributed by atoms with van der Waals surface area (Å²) >= 11 is 0. The third-order valence-corrected chi connectivity index (χ3v) is 15.3. The molecular weight excluding hydrogens is 556 g/mol. The molecule has 0 aromatic heterocycles. The Morgan fingerprint density at radius 3 is 2.34 bits per heavy atom. The van der Waals surface area contributed by atoms with Crippen LogP contribution in [0.4, 0.5) is 0 Å². The molecule has 0 aromatic rings. The van der Waals surface area contributed by atoms with Crippen LogP contribution in [0.15, 0.2) is 11.6 Å². The van der Waals surface area contributed by atoms with E-state index in [1.54, 1.807) is 20.3 Å². The number of ether oxygens (including phenoxy) is 4. The maximum absolute atomic E-state index is 12.7. The van der Waals surface area contributed by atoms with Gasteiger partial charge in [-0.2, -0.15) is 0 Å². The highest BCUT2D eigenvalue weighted by molar-refractivity contribution is 5.82. The number of carbonyl (C=O) groups is 1. The summed E-state index contributed by atoms with van der Waals surface area (Å²) in [5.74, 6) is 1.17. The summed E-state index contributed by atoms with van der Waals surface area (Å²) in [4.78, 5) is 12.7. The highest BCUT2D eigenvalue weighted by atomic mass is 16.7. The zero-order chi connectivity index (χ0) is 32.3. The molecule has 5 aliphatic carbocycles. The van der Waals surface area contributed by atoms with Gasteiger partial charge in [0.05, 0.1) is 17.8 Å². The molecule has 0 unspecified atom stereocenters. The SMILES string of the molecule is CO[C@@H]1O[C@@H]([C@H](O)C(C)(C)OC)C[C@H]1[C@@H]1CC[C@]23C[C@]12CC[C@@H]1[C@@]2(C)CC[C@@H](OC(=O)C=C(C)C)C(C)(C)[C@@H]2C[C@@H](O)[C@]13C. The minimum atomic E-state index is -0.733. The molecule has 0 spiro atoms. The predicted molar refractivity (Wildman–Crippen MR) is 168 cm³/mol. The quantitative estimate of drug-likeness (QED) is 0.251. The van der Waals surface area contributed by atoms with Gasteiger partial charge in [-0.3, -0.25) is 0 Å². The van der Waals surface area contributed by atoms with Gasteiger partial charge in [-0.1, -0.05) is 33.3 Å². The molecule has 0 bridgehead atoms. The van der Waals surface area contributed by atoms with E-state index in [0.29, 0.717) is 11.8 Å². The number of rotatable bonds is 7. The Morgan fingerprint density at radius 1 is 1.00 bits per heavy atom. The summed E-state index contributed by atoms with van der Waals surface area (Å²) in [6, 6.07) is 0. The summed E-state index contributed by atoms with van der Waals surface area (Å²) in [5, 5.41) is 23.5. The summed E-state index contributed by atoms with van der Waals surface area (Å²) < 4.78 is 24.1. The van der Waals surface area contributed by atoms with Gasteiger partial charge in [0, 0.05) is 37.0 Å². The Bertz CT molecular complexity index is 1170. The first-order chi connectivity index (χ1) is 20.4. The van der Waals surface area contributed by atoms with E-state index in [9.17, 15) is 15.0 Å². The number of aliphatic hydroxyl groups excluding tert-OH is 2. The number of hydrogen-bond donors (Lipinski definition) is 2. The Balaban J connectivity index is 1.26. The van der Waals surface area contributed by atoms with Crippen LogP contribution >= 0.6 is 0 Å². The van der Waals surface area contributed by atoms with Crippen LogP contribution in [-0.4, -0.2) is 66.7 Å². The van der Waals surface area contributed by atoms with Crippen molar-refractivity contribution in [2.45, 2.75) is 149 Å². The molecule has 2 N–H and O–H groups in total. The van der Waals surface area contributed by atoms with Crippen LogP contribution in [0.25, 0.3) is 0 Å². The van der Waals surface area contributed by atoms with E-state index in [0.717, 1.165) is 50.5 Å². The molecule has 6 aliphatic rings. The minimum Gasteiger partial charge on any atom is -0.459 e. The van der Waals surface area contributed by atoms with Crippen molar-refractivity contribution < 1.29 is 34.0 Å². The second-order valence-corrected chi connectivity index (χ2v) is 17.7. The topological polar surface area (TPSA) is 94.5 Å². The molecular formula is C37H60O7. The molecule has 5 saturated carbocycles. The van der Waals surface area contributed by atoms with Crippen molar-refractivity contribution in [3.8, 4) is 0 Å². The summed E-state index contributed by atoms with van der Waals surface area (Å²) in [5.41, 5.74) is 0.322. The largest absolute Gasteiger partial charge is 0.459 e. The van der Waals surface area contributed by atoms with Crippen molar-refractivity contribution in [1.29, 1.82) is 0 Å². The van der Waals surface area contributed by atoms with Gasteiger partial charge < -0.3 is 29.2 Å². The van der Waals surface area contributed by atoms with Crippen LogP contribution in [0.5, 0.6) is 0 Å². The molecule has 1 heterocycles.